The van der Waals surface area contributed by atoms with Crippen molar-refractivity contribution >= 4 is 5.97 Å². The molecule has 1 saturated heterocycles. The number of hydrogen-bond donors (Lipinski definition) is 1. The summed E-state index contributed by atoms with van der Waals surface area (Å²) in [5.41, 5.74) is 1.39. The smallest absolute Gasteiger partial charge is 0.376 e. The Morgan fingerprint density at radius 1 is 1.21 bits per heavy atom. The van der Waals surface area contributed by atoms with Crippen molar-refractivity contribution in [2.45, 2.75) is 39.2 Å². The van der Waals surface area contributed by atoms with Gasteiger partial charge in [-0.05, 0) is 57.1 Å². The normalized spacial score (nSPS) is 14.8. The van der Waals surface area contributed by atoms with Gasteiger partial charge in [-0.2, -0.15) is 0 Å². The third-order valence-electron chi connectivity index (χ3n) is 4.65. The number of aromatic nitrogens is 1. The lowest BCUT2D eigenvalue weighted by Crippen LogP contribution is -2.29. The fourth-order valence-electron chi connectivity index (χ4n) is 3.22. The number of benzene rings is 1. The van der Waals surface area contributed by atoms with Gasteiger partial charge in [0.25, 0.3) is 0 Å². The topological polar surface area (TPSA) is 85.0 Å². The number of nitrogens with zero attached hydrogens (tertiary/aromatic N) is 2. The first-order valence-corrected chi connectivity index (χ1v) is 9.94. The Morgan fingerprint density at radius 2 is 1.96 bits per heavy atom. The van der Waals surface area contributed by atoms with Crippen molar-refractivity contribution < 1.29 is 23.8 Å². The first-order chi connectivity index (χ1) is 13.7. The van der Waals surface area contributed by atoms with Crippen LogP contribution in [0, 0.1) is 0 Å². The molecule has 0 saturated carbocycles. The molecule has 0 aliphatic carbocycles. The average molecular weight is 388 g/mol. The van der Waals surface area contributed by atoms with Crippen molar-refractivity contribution in [2.24, 2.45) is 0 Å². The van der Waals surface area contributed by atoms with Gasteiger partial charge in [-0.3, -0.25) is 4.90 Å². The number of ether oxygens (including phenoxy) is 2. The lowest BCUT2D eigenvalue weighted by molar-refractivity contribution is 0.0487. The van der Waals surface area contributed by atoms with Gasteiger partial charge in [-0.1, -0.05) is 6.42 Å². The Labute approximate surface area is 165 Å². The van der Waals surface area contributed by atoms with Gasteiger partial charge in [-0.15, -0.1) is 0 Å². The Balaban J connectivity index is 1.78. The van der Waals surface area contributed by atoms with E-state index in [1.165, 1.54) is 6.42 Å². The van der Waals surface area contributed by atoms with E-state index < -0.39 is 5.97 Å². The summed E-state index contributed by atoms with van der Waals surface area (Å²) in [6, 6.07) is 7.34. The summed E-state index contributed by atoms with van der Waals surface area (Å²) in [6.45, 7) is 5.22. The molecular weight excluding hydrogens is 360 g/mol. The molecule has 0 bridgehead atoms. The zero-order chi connectivity index (χ0) is 19.8. The molecule has 2 heterocycles. The van der Waals surface area contributed by atoms with E-state index in [0.717, 1.165) is 31.5 Å². The molecular formula is C21H28N2O5. The van der Waals surface area contributed by atoms with Crippen molar-refractivity contribution in [3.63, 3.8) is 0 Å². The fourth-order valence-corrected chi connectivity index (χ4v) is 3.22. The molecule has 1 fully saturated rings. The molecule has 3 rings (SSSR count). The highest BCUT2D eigenvalue weighted by atomic mass is 16.5. The molecule has 0 spiro atoms. The van der Waals surface area contributed by atoms with Gasteiger partial charge in [0.2, 0.25) is 11.7 Å². The van der Waals surface area contributed by atoms with Crippen molar-refractivity contribution in [3.05, 3.63) is 35.7 Å². The summed E-state index contributed by atoms with van der Waals surface area (Å²) in [4.78, 5) is 19.2. The Morgan fingerprint density at radius 3 is 2.64 bits per heavy atom. The highest BCUT2D eigenvalue weighted by molar-refractivity contribution is 5.88. The third-order valence-corrected chi connectivity index (χ3v) is 4.65. The second-order valence-electron chi connectivity index (χ2n) is 6.80. The van der Waals surface area contributed by atoms with Gasteiger partial charge in [0.15, 0.2) is 0 Å². The Kier molecular flexibility index (Phi) is 7.45. The minimum Gasteiger partial charge on any atom is -0.494 e. The van der Waals surface area contributed by atoms with Crippen LogP contribution in [-0.2, 0) is 11.3 Å². The van der Waals surface area contributed by atoms with Gasteiger partial charge in [0.1, 0.15) is 11.4 Å². The van der Waals surface area contributed by atoms with Gasteiger partial charge < -0.3 is 19.0 Å². The van der Waals surface area contributed by atoms with Crippen LogP contribution in [0.25, 0.3) is 11.5 Å². The summed E-state index contributed by atoms with van der Waals surface area (Å²) >= 11 is 0. The molecule has 1 aliphatic rings. The van der Waals surface area contributed by atoms with E-state index in [9.17, 15) is 4.79 Å². The van der Waals surface area contributed by atoms with Crippen LogP contribution in [0.3, 0.4) is 0 Å². The summed E-state index contributed by atoms with van der Waals surface area (Å²) < 4.78 is 16.5. The largest absolute Gasteiger partial charge is 0.494 e. The monoisotopic (exact) mass is 388 g/mol. The van der Waals surface area contributed by atoms with Crippen molar-refractivity contribution in [2.75, 3.05) is 32.9 Å². The molecule has 0 radical (unpaired) electrons. The number of aliphatic hydroxyl groups excluding tert-OH is 1. The predicted molar refractivity (Wildman–Crippen MR) is 104 cm³/mol. The van der Waals surface area contributed by atoms with Crippen LogP contribution in [0.2, 0.25) is 0 Å². The van der Waals surface area contributed by atoms with Gasteiger partial charge in [0.05, 0.1) is 13.2 Å². The number of aliphatic hydroxyl groups is 1. The first-order valence-electron chi connectivity index (χ1n) is 9.94. The molecule has 0 amide bonds. The maximum Gasteiger partial charge on any atom is 0.376 e. The maximum atomic E-state index is 12.3. The molecule has 1 aromatic heterocycles. The van der Waals surface area contributed by atoms with E-state index in [1.54, 1.807) is 6.92 Å². The van der Waals surface area contributed by atoms with Crippen LogP contribution in [-0.4, -0.2) is 53.9 Å². The molecule has 2 aromatic rings. The Hall–Kier alpha value is -2.38. The molecule has 7 heteroatoms. The maximum absolute atomic E-state index is 12.3. The first kappa shape index (κ1) is 20.4. The van der Waals surface area contributed by atoms with E-state index in [0.29, 0.717) is 36.9 Å². The number of hydrogen-bond acceptors (Lipinski definition) is 7. The molecule has 28 heavy (non-hydrogen) atoms. The quantitative estimate of drug-likeness (QED) is 0.521. The zero-order valence-corrected chi connectivity index (χ0v) is 16.4. The second-order valence-corrected chi connectivity index (χ2v) is 6.80. The fraction of sp³-hybridized carbons (Fsp3) is 0.524. The van der Waals surface area contributed by atoms with Crippen molar-refractivity contribution in [3.8, 4) is 17.2 Å². The molecule has 1 aromatic carbocycles. The number of carbonyl (C=O) groups is 1. The number of carbonyl (C=O) groups excluding carboxylic acids is 1. The van der Waals surface area contributed by atoms with Crippen LogP contribution in [0.4, 0.5) is 0 Å². The van der Waals surface area contributed by atoms with E-state index in [-0.39, 0.29) is 19.0 Å². The zero-order valence-electron chi connectivity index (χ0n) is 16.4. The molecule has 0 atom stereocenters. The van der Waals surface area contributed by atoms with Gasteiger partial charge >= 0.3 is 5.97 Å². The summed E-state index contributed by atoms with van der Waals surface area (Å²) in [7, 11) is 0. The van der Waals surface area contributed by atoms with E-state index in [4.69, 9.17) is 19.0 Å². The van der Waals surface area contributed by atoms with Crippen LogP contribution in [0.5, 0.6) is 5.75 Å². The Bertz CT molecular complexity index is 751. The molecule has 1 aliphatic heterocycles. The second kappa shape index (κ2) is 10.2. The summed E-state index contributed by atoms with van der Waals surface area (Å²) in [6.07, 6.45) is 4.16. The molecule has 7 nitrogen and oxygen atoms in total. The number of rotatable bonds is 9. The molecule has 152 valence electrons. The van der Waals surface area contributed by atoms with Gasteiger partial charge in [-0.25, -0.2) is 9.78 Å². The average Bonchev–Trinajstić information content (AvgIpc) is 3.13. The van der Waals surface area contributed by atoms with Crippen LogP contribution < -0.4 is 4.74 Å². The van der Waals surface area contributed by atoms with Gasteiger partial charge in [0, 0.05) is 25.1 Å². The van der Waals surface area contributed by atoms with E-state index >= 15 is 0 Å². The van der Waals surface area contributed by atoms with Crippen molar-refractivity contribution in [1.29, 1.82) is 0 Å². The standard InChI is InChI=1S/C21H28N2O5/c1-2-26-21(25)19-18(15-23-11-4-3-5-12-23)22-20(28-19)16-7-9-17(10-8-16)27-14-6-13-24/h7-10,24H,2-6,11-15H2,1H3. The number of esters is 1. The lowest BCUT2D eigenvalue weighted by atomic mass is 10.1. The van der Waals surface area contributed by atoms with Crippen LogP contribution in [0.1, 0.15) is 48.9 Å². The minimum atomic E-state index is -0.475. The molecule has 0 unspecified atom stereocenters. The molecule has 1 N–H and O–H groups in total. The summed E-state index contributed by atoms with van der Waals surface area (Å²) in [5.74, 6) is 0.822. The lowest BCUT2D eigenvalue weighted by Gasteiger charge is -2.25. The minimum absolute atomic E-state index is 0.102. The van der Waals surface area contributed by atoms with E-state index in [1.807, 2.05) is 24.3 Å². The van der Waals surface area contributed by atoms with E-state index in [2.05, 4.69) is 9.88 Å². The number of piperidine rings is 1. The van der Waals surface area contributed by atoms with Crippen LogP contribution >= 0.6 is 0 Å². The number of oxazole rings is 1. The third kappa shape index (κ3) is 5.33. The number of likely N-dealkylation sites (tertiary alicyclic amines) is 1. The van der Waals surface area contributed by atoms with Crippen molar-refractivity contribution in [1.82, 2.24) is 9.88 Å². The highest BCUT2D eigenvalue weighted by Gasteiger charge is 2.24. The highest BCUT2D eigenvalue weighted by Crippen LogP contribution is 2.26. The SMILES string of the molecule is CCOC(=O)c1oc(-c2ccc(OCCCO)cc2)nc1CN1CCCCC1. The van der Waals surface area contributed by atoms with Crippen LogP contribution in [0.15, 0.2) is 28.7 Å². The summed E-state index contributed by atoms with van der Waals surface area (Å²) in [5, 5.41) is 8.82. The predicted octanol–water partition coefficient (Wildman–Crippen LogP) is 3.27.